The van der Waals surface area contributed by atoms with Gasteiger partial charge in [-0.2, -0.15) is 11.8 Å². The monoisotopic (exact) mass is 204 g/mol. The maximum atomic E-state index is 11.4. The Labute approximate surface area is 85.3 Å². The van der Waals surface area contributed by atoms with Gasteiger partial charge >= 0.3 is 0 Å². The Hall–Kier alpha value is -0.220. The van der Waals surface area contributed by atoms with Crippen LogP contribution < -0.4 is 5.32 Å². The molecule has 0 aliphatic heterocycles. The molecule has 0 aromatic carbocycles. The van der Waals surface area contributed by atoms with Crippen molar-refractivity contribution in [3.8, 4) is 0 Å². The van der Waals surface area contributed by atoms with Crippen LogP contribution in [0, 0.1) is 0 Å². The lowest BCUT2D eigenvalue weighted by molar-refractivity contribution is -0.130. The van der Waals surface area contributed by atoms with Crippen molar-refractivity contribution in [2.24, 2.45) is 0 Å². The molecule has 3 nitrogen and oxygen atoms in total. The Kier molecular flexibility index (Phi) is 6.16. The fraction of sp³-hybridized carbons (Fsp3) is 0.889. The standard InChI is InChI=1S/C9H20N2OS/c1-7(13-5)6-10-8(2)9(12)11(3)4/h7-8,10H,6H2,1-5H3. The molecule has 0 bridgehead atoms. The molecule has 0 rings (SSSR count). The number of nitrogens with one attached hydrogen (secondary N) is 1. The van der Waals surface area contributed by atoms with E-state index >= 15 is 0 Å². The lowest BCUT2D eigenvalue weighted by Crippen LogP contribution is -2.43. The summed E-state index contributed by atoms with van der Waals surface area (Å²) in [7, 11) is 3.55. The Balaban J connectivity index is 3.74. The summed E-state index contributed by atoms with van der Waals surface area (Å²) >= 11 is 1.80. The average molecular weight is 204 g/mol. The topological polar surface area (TPSA) is 32.3 Å². The summed E-state index contributed by atoms with van der Waals surface area (Å²) in [5.74, 6) is 0.133. The molecule has 78 valence electrons. The Morgan fingerprint density at radius 2 is 2.00 bits per heavy atom. The van der Waals surface area contributed by atoms with Crippen LogP contribution in [-0.2, 0) is 4.79 Å². The van der Waals surface area contributed by atoms with E-state index in [1.165, 1.54) is 0 Å². The Morgan fingerprint density at radius 1 is 1.46 bits per heavy atom. The molecule has 1 amide bonds. The predicted octanol–water partition coefficient (Wildman–Crippen LogP) is 0.804. The predicted molar refractivity (Wildman–Crippen MR) is 59.1 cm³/mol. The zero-order valence-electron chi connectivity index (χ0n) is 9.13. The van der Waals surface area contributed by atoms with Gasteiger partial charge in [0.1, 0.15) is 0 Å². The van der Waals surface area contributed by atoms with Gasteiger partial charge in [0.2, 0.25) is 5.91 Å². The van der Waals surface area contributed by atoms with Gasteiger partial charge in [0.15, 0.2) is 0 Å². The van der Waals surface area contributed by atoms with Gasteiger partial charge in [0.05, 0.1) is 6.04 Å². The second-order valence-electron chi connectivity index (χ2n) is 3.41. The molecule has 0 aliphatic rings. The maximum Gasteiger partial charge on any atom is 0.238 e. The molecule has 0 aliphatic carbocycles. The van der Waals surface area contributed by atoms with Crippen LogP contribution >= 0.6 is 11.8 Å². The summed E-state index contributed by atoms with van der Waals surface area (Å²) < 4.78 is 0. The highest BCUT2D eigenvalue weighted by Crippen LogP contribution is 2.03. The van der Waals surface area contributed by atoms with Crippen molar-refractivity contribution in [3.63, 3.8) is 0 Å². The first kappa shape index (κ1) is 12.8. The number of amides is 1. The SMILES string of the molecule is CSC(C)CNC(C)C(=O)N(C)C. The second-order valence-corrected chi connectivity index (χ2v) is 4.69. The van der Waals surface area contributed by atoms with Crippen molar-refractivity contribution in [1.29, 1.82) is 0 Å². The van der Waals surface area contributed by atoms with Crippen LogP contribution in [-0.4, -0.2) is 49.0 Å². The zero-order valence-corrected chi connectivity index (χ0v) is 9.94. The molecule has 0 aromatic rings. The number of hydrogen-bond acceptors (Lipinski definition) is 3. The van der Waals surface area contributed by atoms with Crippen LogP contribution in [0.15, 0.2) is 0 Å². The molecular formula is C9H20N2OS. The van der Waals surface area contributed by atoms with Crippen molar-refractivity contribution in [1.82, 2.24) is 10.2 Å². The first-order valence-electron chi connectivity index (χ1n) is 4.46. The molecule has 2 atom stereocenters. The summed E-state index contributed by atoms with van der Waals surface area (Å²) in [6, 6.07) is -0.0791. The van der Waals surface area contributed by atoms with Gasteiger partial charge in [-0.05, 0) is 13.2 Å². The molecule has 0 spiro atoms. The van der Waals surface area contributed by atoms with Crippen LogP contribution in [0.3, 0.4) is 0 Å². The highest BCUT2D eigenvalue weighted by atomic mass is 32.2. The van der Waals surface area contributed by atoms with Crippen molar-refractivity contribution in [3.05, 3.63) is 0 Å². The molecule has 13 heavy (non-hydrogen) atoms. The fourth-order valence-corrected chi connectivity index (χ4v) is 1.16. The highest BCUT2D eigenvalue weighted by Gasteiger charge is 2.14. The Bertz CT molecular complexity index is 162. The minimum atomic E-state index is -0.0791. The third-order valence-corrected chi connectivity index (χ3v) is 2.90. The van der Waals surface area contributed by atoms with E-state index < -0.39 is 0 Å². The number of nitrogens with zero attached hydrogens (tertiary/aromatic N) is 1. The van der Waals surface area contributed by atoms with Gasteiger partial charge in [0.25, 0.3) is 0 Å². The number of thioether (sulfide) groups is 1. The van der Waals surface area contributed by atoms with Crippen LogP contribution in [0.2, 0.25) is 0 Å². The summed E-state index contributed by atoms with van der Waals surface area (Å²) in [5, 5.41) is 3.76. The minimum Gasteiger partial charge on any atom is -0.347 e. The van der Waals surface area contributed by atoms with Crippen molar-refractivity contribution in [2.75, 3.05) is 26.9 Å². The molecule has 1 N–H and O–H groups in total. The van der Waals surface area contributed by atoms with Gasteiger partial charge < -0.3 is 10.2 Å². The zero-order chi connectivity index (χ0) is 10.4. The van der Waals surface area contributed by atoms with E-state index in [1.807, 2.05) is 6.92 Å². The number of hydrogen-bond donors (Lipinski definition) is 1. The highest BCUT2D eigenvalue weighted by molar-refractivity contribution is 7.99. The van der Waals surface area contributed by atoms with Gasteiger partial charge in [-0.25, -0.2) is 0 Å². The summed E-state index contributed by atoms with van der Waals surface area (Å²) in [4.78, 5) is 13.0. The molecule has 4 heteroatoms. The van der Waals surface area contributed by atoms with Crippen molar-refractivity contribution >= 4 is 17.7 Å². The lowest BCUT2D eigenvalue weighted by atomic mass is 10.3. The fourth-order valence-electron chi connectivity index (χ4n) is 0.901. The van der Waals surface area contributed by atoms with Gasteiger partial charge in [0, 0.05) is 25.9 Å². The van der Waals surface area contributed by atoms with E-state index in [4.69, 9.17) is 0 Å². The van der Waals surface area contributed by atoms with Crippen molar-refractivity contribution in [2.45, 2.75) is 25.1 Å². The minimum absolute atomic E-state index is 0.0791. The largest absolute Gasteiger partial charge is 0.347 e. The van der Waals surface area contributed by atoms with Crippen LogP contribution in [0.4, 0.5) is 0 Å². The first-order valence-corrected chi connectivity index (χ1v) is 5.75. The van der Waals surface area contributed by atoms with Gasteiger partial charge in [-0.15, -0.1) is 0 Å². The maximum absolute atomic E-state index is 11.4. The molecule has 0 saturated carbocycles. The number of carbonyl (C=O) groups excluding carboxylic acids is 1. The van der Waals surface area contributed by atoms with E-state index in [-0.39, 0.29) is 11.9 Å². The van der Waals surface area contributed by atoms with E-state index in [0.717, 1.165) is 6.54 Å². The van der Waals surface area contributed by atoms with E-state index in [2.05, 4.69) is 18.5 Å². The third kappa shape index (κ3) is 5.16. The van der Waals surface area contributed by atoms with Crippen molar-refractivity contribution < 1.29 is 4.79 Å². The first-order chi connectivity index (χ1) is 5.99. The molecule has 0 heterocycles. The second kappa shape index (κ2) is 6.27. The molecule has 0 radical (unpaired) electrons. The molecule has 0 aromatic heterocycles. The van der Waals surface area contributed by atoms with Crippen LogP contribution in [0.5, 0.6) is 0 Å². The van der Waals surface area contributed by atoms with Crippen LogP contribution in [0.1, 0.15) is 13.8 Å². The average Bonchev–Trinajstić information content (AvgIpc) is 2.11. The summed E-state index contributed by atoms with van der Waals surface area (Å²) in [5.41, 5.74) is 0. The van der Waals surface area contributed by atoms with Gasteiger partial charge in [-0.1, -0.05) is 6.92 Å². The lowest BCUT2D eigenvalue weighted by Gasteiger charge is -2.19. The van der Waals surface area contributed by atoms with E-state index in [9.17, 15) is 4.79 Å². The molecule has 2 unspecified atom stereocenters. The number of rotatable bonds is 5. The van der Waals surface area contributed by atoms with E-state index in [0.29, 0.717) is 5.25 Å². The van der Waals surface area contributed by atoms with Gasteiger partial charge in [-0.3, -0.25) is 4.79 Å². The Morgan fingerprint density at radius 3 is 2.38 bits per heavy atom. The summed E-state index contributed by atoms with van der Waals surface area (Å²) in [6.07, 6.45) is 2.07. The number of carbonyl (C=O) groups is 1. The van der Waals surface area contributed by atoms with Crippen LogP contribution in [0.25, 0.3) is 0 Å². The molecule has 0 fully saturated rings. The quantitative estimate of drug-likeness (QED) is 0.719. The third-order valence-electron chi connectivity index (χ3n) is 1.93. The smallest absolute Gasteiger partial charge is 0.238 e. The number of likely N-dealkylation sites (N-methyl/N-ethyl adjacent to an activating group) is 1. The van der Waals surface area contributed by atoms with E-state index in [1.54, 1.807) is 30.8 Å². The normalized spacial score (nSPS) is 15.2. The molecular weight excluding hydrogens is 184 g/mol. The molecule has 0 saturated heterocycles. The summed E-state index contributed by atoms with van der Waals surface area (Å²) in [6.45, 7) is 4.92.